The molecule has 2 aliphatic heterocycles. The molecule has 158 valence electrons. The molecule has 0 N–H and O–H groups in total. The summed E-state index contributed by atoms with van der Waals surface area (Å²) >= 11 is 0. The highest BCUT2D eigenvalue weighted by Crippen LogP contribution is 2.32. The number of morpholine rings is 1. The van der Waals surface area contributed by atoms with Crippen LogP contribution in [-0.4, -0.2) is 56.4 Å². The van der Waals surface area contributed by atoms with E-state index in [0.717, 1.165) is 30.5 Å². The Morgan fingerprint density at radius 2 is 1.67 bits per heavy atom. The van der Waals surface area contributed by atoms with E-state index in [1.807, 2.05) is 23.1 Å². The van der Waals surface area contributed by atoms with Crippen LogP contribution in [0.3, 0.4) is 0 Å². The molecule has 0 aliphatic carbocycles. The maximum atomic E-state index is 12.8. The Hall–Kier alpha value is -2.48. The molecule has 1 atom stereocenters. The second kappa shape index (κ2) is 9.12. The number of rotatable bonds is 5. The van der Waals surface area contributed by atoms with Crippen LogP contribution in [0.4, 0.5) is 0 Å². The zero-order chi connectivity index (χ0) is 21.0. The van der Waals surface area contributed by atoms with Crippen LogP contribution >= 0.6 is 0 Å². The monoisotopic (exact) mass is 426 g/mol. The van der Waals surface area contributed by atoms with Crippen molar-refractivity contribution in [3.63, 3.8) is 0 Å². The number of ether oxygens (including phenoxy) is 1. The van der Waals surface area contributed by atoms with Crippen LogP contribution in [0.15, 0.2) is 65.6 Å². The van der Waals surface area contributed by atoms with E-state index in [9.17, 15) is 13.2 Å². The maximum Gasteiger partial charge on any atom is 0.247 e. The lowest BCUT2D eigenvalue weighted by molar-refractivity contribution is -0.126. The number of amides is 1. The van der Waals surface area contributed by atoms with Crippen LogP contribution in [0, 0.1) is 0 Å². The number of carbonyl (C=O) groups excluding carboxylic acids is 1. The van der Waals surface area contributed by atoms with Crippen LogP contribution in [-0.2, 0) is 19.6 Å². The molecule has 2 aromatic carbocycles. The van der Waals surface area contributed by atoms with Gasteiger partial charge in [-0.05, 0) is 42.2 Å². The Morgan fingerprint density at radius 1 is 0.967 bits per heavy atom. The lowest BCUT2D eigenvalue weighted by atomic mass is 10.0. The summed E-state index contributed by atoms with van der Waals surface area (Å²) in [6, 6.07) is 16.9. The molecule has 1 unspecified atom stereocenters. The van der Waals surface area contributed by atoms with Crippen LogP contribution in [0.25, 0.3) is 6.08 Å². The van der Waals surface area contributed by atoms with Gasteiger partial charge in [-0.2, -0.15) is 4.31 Å². The highest BCUT2D eigenvalue weighted by atomic mass is 32.2. The van der Waals surface area contributed by atoms with Crippen molar-refractivity contribution in [3.05, 3.63) is 71.8 Å². The van der Waals surface area contributed by atoms with Crippen molar-refractivity contribution in [3.8, 4) is 0 Å². The van der Waals surface area contributed by atoms with E-state index in [0.29, 0.717) is 26.3 Å². The first-order chi connectivity index (χ1) is 14.6. The summed E-state index contributed by atoms with van der Waals surface area (Å²) in [4.78, 5) is 14.9. The van der Waals surface area contributed by atoms with Crippen molar-refractivity contribution in [2.45, 2.75) is 23.8 Å². The van der Waals surface area contributed by atoms with Gasteiger partial charge in [0.15, 0.2) is 0 Å². The van der Waals surface area contributed by atoms with Crippen LogP contribution < -0.4 is 0 Å². The van der Waals surface area contributed by atoms with Crippen molar-refractivity contribution in [2.24, 2.45) is 0 Å². The zero-order valence-corrected chi connectivity index (χ0v) is 17.6. The molecule has 0 spiro atoms. The van der Waals surface area contributed by atoms with Gasteiger partial charge in [-0.3, -0.25) is 4.79 Å². The number of likely N-dealkylation sites (tertiary alicyclic amines) is 1. The third-order valence-corrected chi connectivity index (χ3v) is 7.54. The van der Waals surface area contributed by atoms with Gasteiger partial charge in [-0.25, -0.2) is 8.42 Å². The number of benzene rings is 2. The highest BCUT2D eigenvalue weighted by Gasteiger charge is 2.28. The predicted octanol–water partition coefficient (Wildman–Crippen LogP) is 3.08. The molecular weight excluding hydrogens is 400 g/mol. The van der Waals surface area contributed by atoms with Crippen molar-refractivity contribution in [1.29, 1.82) is 0 Å². The third-order valence-electron chi connectivity index (χ3n) is 5.63. The largest absolute Gasteiger partial charge is 0.379 e. The average Bonchev–Trinajstić information content (AvgIpc) is 3.29. The fourth-order valence-electron chi connectivity index (χ4n) is 4.00. The molecular formula is C23H26N2O4S. The minimum absolute atomic E-state index is 0.0219. The summed E-state index contributed by atoms with van der Waals surface area (Å²) in [6.07, 6.45) is 5.28. The van der Waals surface area contributed by atoms with Crippen LogP contribution in [0.1, 0.15) is 30.0 Å². The van der Waals surface area contributed by atoms with Gasteiger partial charge >= 0.3 is 0 Å². The summed E-state index contributed by atoms with van der Waals surface area (Å²) < 4.78 is 32.1. The molecule has 2 aliphatic rings. The number of hydrogen-bond acceptors (Lipinski definition) is 4. The molecule has 2 aromatic rings. The predicted molar refractivity (Wildman–Crippen MR) is 115 cm³/mol. The summed E-state index contributed by atoms with van der Waals surface area (Å²) in [5, 5.41) is 0. The molecule has 1 amide bonds. The molecule has 7 heteroatoms. The smallest absolute Gasteiger partial charge is 0.247 e. The third kappa shape index (κ3) is 4.48. The Bertz CT molecular complexity index is 997. The van der Waals surface area contributed by atoms with Gasteiger partial charge in [0.25, 0.3) is 0 Å². The van der Waals surface area contributed by atoms with E-state index in [-0.39, 0.29) is 16.8 Å². The lowest BCUT2D eigenvalue weighted by Gasteiger charge is -2.26. The summed E-state index contributed by atoms with van der Waals surface area (Å²) in [6.45, 7) is 2.33. The Kier molecular flexibility index (Phi) is 6.32. The van der Waals surface area contributed by atoms with Crippen molar-refractivity contribution in [2.75, 3.05) is 32.8 Å². The van der Waals surface area contributed by atoms with Gasteiger partial charge in [0.05, 0.1) is 24.2 Å². The van der Waals surface area contributed by atoms with E-state index in [1.165, 1.54) is 4.31 Å². The number of sulfonamides is 1. The van der Waals surface area contributed by atoms with E-state index < -0.39 is 10.0 Å². The molecule has 0 radical (unpaired) electrons. The first-order valence-corrected chi connectivity index (χ1v) is 11.7. The highest BCUT2D eigenvalue weighted by molar-refractivity contribution is 7.89. The molecule has 2 fully saturated rings. The van der Waals surface area contributed by atoms with Gasteiger partial charge in [0, 0.05) is 25.7 Å². The molecule has 30 heavy (non-hydrogen) atoms. The average molecular weight is 427 g/mol. The molecule has 4 rings (SSSR count). The minimum atomic E-state index is -3.51. The van der Waals surface area contributed by atoms with E-state index in [1.54, 1.807) is 36.4 Å². The topological polar surface area (TPSA) is 66.9 Å². The fraction of sp³-hybridized carbons (Fsp3) is 0.348. The van der Waals surface area contributed by atoms with Crippen molar-refractivity contribution >= 4 is 22.0 Å². The molecule has 2 heterocycles. The molecule has 0 saturated carbocycles. The Labute approximate surface area is 177 Å². The van der Waals surface area contributed by atoms with Crippen molar-refractivity contribution in [1.82, 2.24) is 9.21 Å². The number of carbonyl (C=O) groups is 1. The fourth-order valence-corrected chi connectivity index (χ4v) is 5.41. The minimum Gasteiger partial charge on any atom is -0.379 e. The second-order valence-electron chi connectivity index (χ2n) is 7.52. The SMILES string of the molecule is O=C(/C=C/c1ccc(S(=O)(=O)N2CCOCC2)cc1)N1CCCC1c1ccccc1. The van der Waals surface area contributed by atoms with E-state index >= 15 is 0 Å². The molecule has 0 bridgehead atoms. The maximum absolute atomic E-state index is 12.8. The van der Waals surface area contributed by atoms with Crippen LogP contribution in [0.5, 0.6) is 0 Å². The number of hydrogen-bond donors (Lipinski definition) is 0. The Balaban J connectivity index is 1.43. The van der Waals surface area contributed by atoms with Gasteiger partial charge in [-0.15, -0.1) is 0 Å². The van der Waals surface area contributed by atoms with Crippen molar-refractivity contribution < 1.29 is 17.9 Å². The van der Waals surface area contributed by atoms with Crippen LogP contribution in [0.2, 0.25) is 0 Å². The molecule has 6 nitrogen and oxygen atoms in total. The number of nitrogens with zero attached hydrogens (tertiary/aromatic N) is 2. The first kappa shape index (κ1) is 20.8. The van der Waals surface area contributed by atoms with E-state index in [4.69, 9.17) is 4.74 Å². The molecule has 0 aromatic heterocycles. The molecule has 2 saturated heterocycles. The van der Waals surface area contributed by atoms with Gasteiger partial charge in [0.1, 0.15) is 0 Å². The quantitative estimate of drug-likeness (QED) is 0.689. The normalized spacial score (nSPS) is 20.7. The second-order valence-corrected chi connectivity index (χ2v) is 9.46. The summed E-state index contributed by atoms with van der Waals surface area (Å²) in [7, 11) is -3.51. The lowest BCUT2D eigenvalue weighted by Crippen LogP contribution is -2.40. The summed E-state index contributed by atoms with van der Waals surface area (Å²) in [5.74, 6) is -0.0219. The van der Waals surface area contributed by atoms with Gasteiger partial charge in [-0.1, -0.05) is 42.5 Å². The summed E-state index contributed by atoms with van der Waals surface area (Å²) in [5.41, 5.74) is 1.95. The standard InChI is InChI=1S/C23H26N2O4S/c26-23(25-14-4-7-22(25)20-5-2-1-3-6-20)13-10-19-8-11-21(12-9-19)30(27,28)24-15-17-29-18-16-24/h1-3,5-6,8-13,22H,4,7,14-18H2/b13-10+. The van der Waals surface area contributed by atoms with Gasteiger partial charge < -0.3 is 9.64 Å². The zero-order valence-electron chi connectivity index (χ0n) is 16.8. The van der Waals surface area contributed by atoms with Gasteiger partial charge in [0.2, 0.25) is 15.9 Å². The Morgan fingerprint density at radius 3 is 2.37 bits per heavy atom. The van der Waals surface area contributed by atoms with E-state index in [2.05, 4.69) is 12.1 Å². The first-order valence-electron chi connectivity index (χ1n) is 10.3.